The van der Waals surface area contributed by atoms with E-state index in [0.29, 0.717) is 6.54 Å². The normalized spacial score (nSPS) is 16.9. The van der Waals surface area contributed by atoms with Gasteiger partial charge in [-0.15, -0.1) is 0 Å². The molecule has 0 aromatic heterocycles. The lowest BCUT2D eigenvalue weighted by Gasteiger charge is -2.25. The molecule has 1 amide bonds. The SMILES string of the molecule is CN(C)C(CNC(=O)CCS(=O)(=O)C1CCCC1)Cc1ccccc1. The molecule has 0 heterocycles. The Hall–Kier alpha value is -1.40. The number of benzene rings is 1. The van der Waals surface area contributed by atoms with Crippen molar-refractivity contribution in [3.05, 3.63) is 35.9 Å². The average molecular weight is 367 g/mol. The summed E-state index contributed by atoms with van der Waals surface area (Å²) < 4.78 is 24.5. The van der Waals surface area contributed by atoms with Gasteiger partial charge in [-0.3, -0.25) is 4.79 Å². The van der Waals surface area contributed by atoms with Crippen molar-refractivity contribution in [2.45, 2.75) is 49.8 Å². The molecular weight excluding hydrogens is 336 g/mol. The Labute approximate surface area is 151 Å². The van der Waals surface area contributed by atoms with E-state index in [9.17, 15) is 13.2 Å². The summed E-state index contributed by atoms with van der Waals surface area (Å²) in [5, 5.41) is 2.67. The minimum Gasteiger partial charge on any atom is -0.354 e. The summed E-state index contributed by atoms with van der Waals surface area (Å²) in [7, 11) is 0.851. The zero-order valence-electron chi connectivity index (χ0n) is 15.3. The van der Waals surface area contributed by atoms with Crippen molar-refractivity contribution in [2.75, 3.05) is 26.4 Å². The molecule has 0 bridgehead atoms. The maximum Gasteiger partial charge on any atom is 0.221 e. The number of hydrogen-bond donors (Lipinski definition) is 1. The molecule has 1 aromatic rings. The molecule has 1 atom stereocenters. The van der Waals surface area contributed by atoms with Gasteiger partial charge in [0.05, 0.1) is 11.0 Å². The Kier molecular flexibility index (Phi) is 7.44. The van der Waals surface area contributed by atoms with Crippen LogP contribution in [0.1, 0.15) is 37.7 Å². The van der Waals surface area contributed by atoms with Gasteiger partial charge < -0.3 is 10.2 Å². The second-order valence-corrected chi connectivity index (χ2v) is 9.54. The molecule has 5 nitrogen and oxygen atoms in total. The van der Waals surface area contributed by atoms with Crippen LogP contribution in [0.25, 0.3) is 0 Å². The highest BCUT2D eigenvalue weighted by Crippen LogP contribution is 2.25. The molecule has 1 saturated carbocycles. The van der Waals surface area contributed by atoms with Gasteiger partial charge in [-0.05, 0) is 38.9 Å². The van der Waals surface area contributed by atoms with Crippen LogP contribution in [0.5, 0.6) is 0 Å². The number of likely N-dealkylation sites (N-methyl/N-ethyl adjacent to an activating group) is 1. The predicted molar refractivity (Wildman–Crippen MR) is 101 cm³/mol. The molecule has 0 radical (unpaired) electrons. The van der Waals surface area contributed by atoms with Crippen LogP contribution >= 0.6 is 0 Å². The maximum atomic E-state index is 12.2. The van der Waals surface area contributed by atoms with Gasteiger partial charge in [0, 0.05) is 19.0 Å². The van der Waals surface area contributed by atoms with E-state index in [0.717, 1.165) is 32.1 Å². The zero-order valence-corrected chi connectivity index (χ0v) is 16.1. The fraction of sp³-hybridized carbons (Fsp3) is 0.632. The molecule has 1 aliphatic rings. The molecular formula is C19H30N2O3S. The first kappa shape index (κ1) is 19.9. The number of rotatable bonds is 9. The third kappa shape index (κ3) is 6.44. The first-order valence-corrected chi connectivity index (χ1v) is 10.8. The summed E-state index contributed by atoms with van der Waals surface area (Å²) in [6.45, 7) is 0.518. The summed E-state index contributed by atoms with van der Waals surface area (Å²) in [6.07, 6.45) is 4.38. The number of sulfone groups is 1. The molecule has 1 aliphatic carbocycles. The predicted octanol–water partition coefficient (Wildman–Crippen LogP) is 2.02. The van der Waals surface area contributed by atoms with E-state index in [1.54, 1.807) is 0 Å². The van der Waals surface area contributed by atoms with E-state index in [2.05, 4.69) is 22.3 Å². The monoisotopic (exact) mass is 366 g/mol. The number of nitrogens with zero attached hydrogens (tertiary/aromatic N) is 1. The van der Waals surface area contributed by atoms with Crippen molar-refractivity contribution >= 4 is 15.7 Å². The van der Waals surface area contributed by atoms with Crippen LogP contribution in [0.2, 0.25) is 0 Å². The van der Waals surface area contributed by atoms with Gasteiger partial charge in [0.1, 0.15) is 0 Å². The number of amides is 1. The minimum absolute atomic E-state index is 0.0329. The van der Waals surface area contributed by atoms with Gasteiger partial charge in [-0.1, -0.05) is 43.2 Å². The lowest BCUT2D eigenvalue weighted by Crippen LogP contribution is -2.42. The Morgan fingerprint density at radius 1 is 1.20 bits per heavy atom. The summed E-state index contributed by atoms with van der Waals surface area (Å²) in [5.74, 6) is -0.212. The second kappa shape index (κ2) is 9.34. The van der Waals surface area contributed by atoms with Crippen molar-refractivity contribution in [2.24, 2.45) is 0 Å². The molecule has 0 aliphatic heterocycles. The largest absolute Gasteiger partial charge is 0.354 e. The zero-order chi connectivity index (χ0) is 18.3. The van der Waals surface area contributed by atoms with Crippen molar-refractivity contribution in [3.63, 3.8) is 0 Å². The molecule has 0 saturated heterocycles. The van der Waals surface area contributed by atoms with E-state index in [1.807, 2.05) is 32.3 Å². The highest BCUT2D eigenvalue weighted by molar-refractivity contribution is 7.92. The van der Waals surface area contributed by atoms with Crippen molar-refractivity contribution in [1.29, 1.82) is 0 Å². The summed E-state index contributed by atoms with van der Waals surface area (Å²) in [6, 6.07) is 10.3. The maximum absolute atomic E-state index is 12.2. The lowest BCUT2D eigenvalue weighted by molar-refractivity contribution is -0.120. The van der Waals surface area contributed by atoms with Crippen molar-refractivity contribution < 1.29 is 13.2 Å². The third-order valence-electron chi connectivity index (χ3n) is 5.00. The molecule has 0 spiro atoms. The van der Waals surface area contributed by atoms with Gasteiger partial charge in [0.25, 0.3) is 0 Å². The van der Waals surface area contributed by atoms with Crippen LogP contribution in [0.4, 0.5) is 0 Å². The molecule has 1 N–H and O–H groups in total. The molecule has 25 heavy (non-hydrogen) atoms. The Balaban J connectivity index is 1.78. The fourth-order valence-corrected chi connectivity index (χ4v) is 5.15. The topological polar surface area (TPSA) is 66.5 Å². The number of nitrogens with one attached hydrogen (secondary N) is 1. The van der Waals surface area contributed by atoms with Crippen LogP contribution < -0.4 is 5.32 Å². The van der Waals surface area contributed by atoms with E-state index < -0.39 is 9.84 Å². The second-order valence-electron chi connectivity index (χ2n) is 7.13. The summed E-state index contributed by atoms with van der Waals surface area (Å²) >= 11 is 0. The van der Waals surface area contributed by atoms with Crippen LogP contribution in [0.15, 0.2) is 30.3 Å². The van der Waals surface area contributed by atoms with Crippen LogP contribution in [0.3, 0.4) is 0 Å². The Morgan fingerprint density at radius 2 is 1.84 bits per heavy atom. The Bertz CT molecular complexity index is 638. The fourth-order valence-electron chi connectivity index (χ4n) is 3.29. The minimum atomic E-state index is -3.13. The van der Waals surface area contributed by atoms with Crippen molar-refractivity contribution in [3.8, 4) is 0 Å². The van der Waals surface area contributed by atoms with Gasteiger partial charge in [0.2, 0.25) is 5.91 Å². The smallest absolute Gasteiger partial charge is 0.221 e. The van der Waals surface area contributed by atoms with Crippen LogP contribution in [-0.2, 0) is 21.1 Å². The highest BCUT2D eigenvalue weighted by Gasteiger charge is 2.28. The molecule has 1 unspecified atom stereocenters. The van der Waals surface area contributed by atoms with E-state index in [1.165, 1.54) is 5.56 Å². The summed E-state index contributed by atoms with van der Waals surface area (Å²) in [5.41, 5.74) is 1.22. The van der Waals surface area contributed by atoms with Crippen LogP contribution in [0, 0.1) is 0 Å². The van der Waals surface area contributed by atoms with Gasteiger partial charge >= 0.3 is 0 Å². The van der Waals surface area contributed by atoms with E-state index in [-0.39, 0.29) is 29.4 Å². The third-order valence-corrected chi connectivity index (χ3v) is 7.26. The molecule has 2 rings (SSSR count). The number of carbonyl (C=O) groups is 1. The lowest BCUT2D eigenvalue weighted by atomic mass is 10.1. The number of carbonyl (C=O) groups excluding carboxylic acids is 1. The molecule has 1 fully saturated rings. The van der Waals surface area contributed by atoms with Gasteiger partial charge in [0.15, 0.2) is 9.84 Å². The van der Waals surface area contributed by atoms with E-state index in [4.69, 9.17) is 0 Å². The van der Waals surface area contributed by atoms with Crippen molar-refractivity contribution in [1.82, 2.24) is 10.2 Å². The van der Waals surface area contributed by atoms with Gasteiger partial charge in [-0.2, -0.15) is 0 Å². The highest BCUT2D eigenvalue weighted by atomic mass is 32.2. The number of hydrogen-bond acceptors (Lipinski definition) is 4. The average Bonchev–Trinajstić information content (AvgIpc) is 3.13. The first-order chi connectivity index (χ1) is 11.9. The summed E-state index contributed by atoms with van der Waals surface area (Å²) in [4.78, 5) is 14.2. The first-order valence-electron chi connectivity index (χ1n) is 9.07. The molecule has 140 valence electrons. The van der Waals surface area contributed by atoms with Gasteiger partial charge in [-0.25, -0.2) is 8.42 Å². The molecule has 6 heteroatoms. The van der Waals surface area contributed by atoms with Crippen LogP contribution in [-0.4, -0.2) is 56.9 Å². The quantitative estimate of drug-likeness (QED) is 0.726. The van der Waals surface area contributed by atoms with E-state index >= 15 is 0 Å². The standard InChI is InChI=1S/C19H30N2O3S/c1-21(2)17(14-16-8-4-3-5-9-16)15-20-19(22)12-13-25(23,24)18-10-6-7-11-18/h3-5,8-9,17-18H,6-7,10-15H2,1-2H3,(H,20,22). The molecule has 1 aromatic carbocycles. The Morgan fingerprint density at radius 3 is 2.44 bits per heavy atom.